The lowest BCUT2D eigenvalue weighted by molar-refractivity contribution is -0.123. The highest BCUT2D eigenvalue weighted by Gasteiger charge is 2.21. The van der Waals surface area contributed by atoms with Crippen LogP contribution in [0.5, 0.6) is 0 Å². The van der Waals surface area contributed by atoms with Crippen LogP contribution in [0, 0.1) is 20.8 Å². The largest absolute Gasteiger partial charge is 0.350 e. The van der Waals surface area contributed by atoms with Gasteiger partial charge in [0.1, 0.15) is 0 Å². The quantitative estimate of drug-likeness (QED) is 0.787. The van der Waals surface area contributed by atoms with E-state index in [0.717, 1.165) is 22.2 Å². The Labute approximate surface area is 159 Å². The van der Waals surface area contributed by atoms with Gasteiger partial charge in [-0.05, 0) is 54.7 Å². The lowest BCUT2D eigenvalue weighted by atomic mass is 10.1. The average Bonchev–Trinajstić information content (AvgIpc) is 2.99. The number of aryl methyl sites for hydroxylation is 2. The van der Waals surface area contributed by atoms with Gasteiger partial charge in [-0.25, -0.2) is 4.98 Å². The van der Waals surface area contributed by atoms with Gasteiger partial charge in [-0.3, -0.25) is 19.1 Å². The topological polar surface area (TPSA) is 67.2 Å². The van der Waals surface area contributed by atoms with E-state index < -0.39 is 0 Å². The number of thiazole rings is 1. The molecular formula is C19H28N4O2S. The molecule has 0 aliphatic heterocycles. The smallest absolute Gasteiger partial charge is 0.234 e. The molecule has 26 heavy (non-hydrogen) atoms. The Morgan fingerprint density at radius 3 is 2.42 bits per heavy atom. The van der Waals surface area contributed by atoms with Gasteiger partial charge in [0.25, 0.3) is 0 Å². The molecule has 1 N–H and O–H groups in total. The SMILES string of the molecule is Cc1csc(-n2c(C)cc(C(=O)CN(C)CC(=O)NC(C)(C)C)c2C)n1. The second-order valence-electron chi connectivity index (χ2n) is 7.79. The van der Waals surface area contributed by atoms with Gasteiger partial charge in [0.05, 0.1) is 18.8 Å². The summed E-state index contributed by atoms with van der Waals surface area (Å²) in [4.78, 5) is 31.0. The van der Waals surface area contributed by atoms with Gasteiger partial charge in [0.2, 0.25) is 5.91 Å². The van der Waals surface area contributed by atoms with Gasteiger partial charge in [0.15, 0.2) is 10.9 Å². The molecule has 0 atom stereocenters. The summed E-state index contributed by atoms with van der Waals surface area (Å²) in [5.74, 6) is -0.0831. The van der Waals surface area contributed by atoms with Gasteiger partial charge in [0, 0.05) is 27.9 Å². The fourth-order valence-corrected chi connectivity index (χ4v) is 3.78. The van der Waals surface area contributed by atoms with Crippen LogP contribution in [0.15, 0.2) is 11.4 Å². The minimum atomic E-state index is -0.279. The van der Waals surface area contributed by atoms with E-state index in [2.05, 4.69) is 10.3 Å². The number of ketones is 1. The molecular weight excluding hydrogens is 348 g/mol. The van der Waals surface area contributed by atoms with Crippen molar-refractivity contribution in [3.8, 4) is 5.13 Å². The van der Waals surface area contributed by atoms with Crippen LogP contribution in [-0.2, 0) is 4.79 Å². The molecule has 2 rings (SSSR count). The van der Waals surface area contributed by atoms with Crippen molar-refractivity contribution in [1.29, 1.82) is 0 Å². The Bertz CT molecular complexity index is 814. The molecule has 6 nitrogen and oxygen atoms in total. The van der Waals surface area contributed by atoms with Crippen molar-refractivity contribution < 1.29 is 9.59 Å². The second-order valence-corrected chi connectivity index (χ2v) is 8.62. The second kappa shape index (κ2) is 7.72. The molecule has 0 saturated carbocycles. The highest BCUT2D eigenvalue weighted by Crippen LogP contribution is 2.23. The summed E-state index contributed by atoms with van der Waals surface area (Å²) >= 11 is 1.56. The van der Waals surface area contributed by atoms with Crippen LogP contribution in [0.2, 0.25) is 0 Å². The highest BCUT2D eigenvalue weighted by atomic mass is 32.1. The first-order valence-corrected chi connectivity index (χ1v) is 9.50. The lowest BCUT2D eigenvalue weighted by Gasteiger charge is -2.23. The van der Waals surface area contributed by atoms with Crippen LogP contribution >= 0.6 is 11.3 Å². The average molecular weight is 377 g/mol. The first-order valence-electron chi connectivity index (χ1n) is 8.62. The van der Waals surface area contributed by atoms with Gasteiger partial charge in [-0.2, -0.15) is 0 Å². The molecule has 0 saturated heterocycles. The lowest BCUT2D eigenvalue weighted by Crippen LogP contribution is -2.45. The molecule has 0 bridgehead atoms. The number of nitrogens with one attached hydrogen (secondary N) is 1. The Morgan fingerprint density at radius 2 is 1.88 bits per heavy atom. The maximum Gasteiger partial charge on any atom is 0.234 e. The number of likely N-dealkylation sites (N-methyl/N-ethyl adjacent to an activating group) is 1. The van der Waals surface area contributed by atoms with Gasteiger partial charge in [-0.15, -0.1) is 11.3 Å². The number of hydrogen-bond acceptors (Lipinski definition) is 5. The zero-order valence-electron chi connectivity index (χ0n) is 16.6. The molecule has 2 heterocycles. The van der Waals surface area contributed by atoms with Crippen LogP contribution in [0.25, 0.3) is 5.13 Å². The number of carbonyl (C=O) groups is 2. The number of aromatic nitrogens is 2. The van der Waals surface area contributed by atoms with E-state index >= 15 is 0 Å². The molecule has 0 radical (unpaired) electrons. The zero-order valence-corrected chi connectivity index (χ0v) is 17.5. The first-order chi connectivity index (χ1) is 12.0. The highest BCUT2D eigenvalue weighted by molar-refractivity contribution is 7.12. The molecule has 0 aromatic carbocycles. The molecule has 0 unspecified atom stereocenters. The summed E-state index contributed by atoms with van der Waals surface area (Å²) in [6, 6.07) is 1.90. The van der Waals surface area contributed by atoms with E-state index in [4.69, 9.17) is 0 Å². The van der Waals surface area contributed by atoms with Crippen LogP contribution < -0.4 is 5.32 Å². The summed E-state index contributed by atoms with van der Waals surface area (Å²) in [5.41, 5.74) is 3.23. The Balaban J connectivity index is 2.09. The fourth-order valence-electron chi connectivity index (χ4n) is 2.87. The monoisotopic (exact) mass is 376 g/mol. The molecule has 0 fully saturated rings. The maximum absolute atomic E-state index is 12.7. The number of amides is 1. The van der Waals surface area contributed by atoms with Crippen LogP contribution in [-0.4, -0.2) is 51.8 Å². The van der Waals surface area contributed by atoms with Crippen molar-refractivity contribution in [2.45, 2.75) is 47.1 Å². The van der Waals surface area contributed by atoms with Crippen molar-refractivity contribution in [3.05, 3.63) is 34.1 Å². The fraction of sp³-hybridized carbons (Fsp3) is 0.526. The molecule has 0 aliphatic rings. The summed E-state index contributed by atoms with van der Waals surface area (Å²) in [6.07, 6.45) is 0. The standard InChI is InChI=1S/C19H28N4O2S/c1-12-11-26-18(20-12)23-13(2)8-15(14(23)3)16(24)9-22(7)10-17(25)21-19(4,5)6/h8,11H,9-10H2,1-7H3,(H,21,25). The minimum absolute atomic E-state index is 0.00341. The van der Waals surface area contributed by atoms with E-state index in [0.29, 0.717) is 5.56 Å². The van der Waals surface area contributed by atoms with Crippen molar-refractivity contribution in [2.75, 3.05) is 20.1 Å². The number of rotatable bonds is 6. The molecule has 0 aliphatic carbocycles. The van der Waals surface area contributed by atoms with E-state index in [-0.39, 0.29) is 30.3 Å². The summed E-state index contributed by atoms with van der Waals surface area (Å²) in [7, 11) is 1.78. The summed E-state index contributed by atoms with van der Waals surface area (Å²) in [6.45, 7) is 12.1. The third-order valence-corrected chi connectivity index (χ3v) is 4.81. The molecule has 0 spiro atoms. The Morgan fingerprint density at radius 1 is 1.23 bits per heavy atom. The van der Waals surface area contributed by atoms with Crippen LogP contribution in [0.1, 0.15) is 48.2 Å². The minimum Gasteiger partial charge on any atom is -0.350 e. The zero-order chi connectivity index (χ0) is 19.6. The molecule has 142 valence electrons. The van der Waals surface area contributed by atoms with Gasteiger partial charge in [-0.1, -0.05) is 0 Å². The van der Waals surface area contributed by atoms with E-state index in [1.807, 2.05) is 57.6 Å². The number of nitrogens with zero attached hydrogens (tertiary/aromatic N) is 3. The molecule has 1 amide bonds. The van der Waals surface area contributed by atoms with E-state index in [1.165, 1.54) is 0 Å². The molecule has 2 aromatic rings. The van der Waals surface area contributed by atoms with Crippen molar-refractivity contribution in [2.24, 2.45) is 0 Å². The van der Waals surface area contributed by atoms with Crippen molar-refractivity contribution >= 4 is 23.0 Å². The third kappa shape index (κ3) is 5.02. The Hall–Kier alpha value is -1.99. The first kappa shape index (κ1) is 20.3. The maximum atomic E-state index is 12.7. The van der Waals surface area contributed by atoms with E-state index in [1.54, 1.807) is 23.3 Å². The number of carbonyl (C=O) groups excluding carboxylic acids is 2. The number of Topliss-reactive ketones (excluding diaryl/α,β-unsaturated/α-hetero) is 1. The van der Waals surface area contributed by atoms with Crippen molar-refractivity contribution in [3.63, 3.8) is 0 Å². The third-order valence-electron chi connectivity index (χ3n) is 3.87. The van der Waals surface area contributed by atoms with Crippen LogP contribution in [0.3, 0.4) is 0 Å². The van der Waals surface area contributed by atoms with Crippen molar-refractivity contribution in [1.82, 2.24) is 19.8 Å². The normalized spacial score (nSPS) is 11.8. The Kier molecular flexibility index (Phi) is 6.03. The van der Waals surface area contributed by atoms with Gasteiger partial charge >= 0.3 is 0 Å². The van der Waals surface area contributed by atoms with Gasteiger partial charge < -0.3 is 5.32 Å². The molecule has 7 heteroatoms. The predicted molar refractivity (Wildman–Crippen MR) is 105 cm³/mol. The summed E-state index contributed by atoms with van der Waals surface area (Å²) < 4.78 is 2.01. The summed E-state index contributed by atoms with van der Waals surface area (Å²) in [5, 5.41) is 5.78. The molecule has 2 aromatic heterocycles. The number of hydrogen-bond donors (Lipinski definition) is 1. The van der Waals surface area contributed by atoms with E-state index in [9.17, 15) is 9.59 Å². The predicted octanol–water partition coefficient (Wildman–Crippen LogP) is 2.89. The van der Waals surface area contributed by atoms with Crippen LogP contribution in [0.4, 0.5) is 0 Å².